The number of rotatable bonds is 4. The van der Waals surface area contributed by atoms with Gasteiger partial charge in [-0.15, -0.1) is 0 Å². The Kier molecular flexibility index (Phi) is 13.9. The van der Waals surface area contributed by atoms with Crippen LogP contribution in [0.2, 0.25) is 0 Å². The summed E-state index contributed by atoms with van der Waals surface area (Å²) in [5.74, 6) is -3.33. The second kappa shape index (κ2) is 16.0. The Morgan fingerprint density at radius 2 is 1.36 bits per heavy atom. The topological polar surface area (TPSA) is 170 Å². The molecule has 0 aromatic heterocycles. The standard InChI is InChI=1S/C26H44N4O9/c1-15(2)19-22(32)27-18(24(34)36-8)14-38-12-10-9-11-37-13-17(28-25(35)39-26(5,6)7)21(31)29-20(16(3)4)23(33)30-19/h9-10,15-20H,11-14H2,1-8H3,(H,27,32)(H,28,35)(H,29,31)(H,30,33)/b10-9+/t17?,18?,19?,20-/m0/s1. The molecule has 13 nitrogen and oxygen atoms in total. The van der Waals surface area contributed by atoms with Gasteiger partial charge in [0.2, 0.25) is 17.7 Å². The van der Waals surface area contributed by atoms with E-state index in [4.69, 9.17) is 18.9 Å². The van der Waals surface area contributed by atoms with Crippen molar-refractivity contribution < 1.29 is 42.9 Å². The molecule has 0 saturated heterocycles. The van der Waals surface area contributed by atoms with Crippen LogP contribution in [0.4, 0.5) is 4.79 Å². The van der Waals surface area contributed by atoms with Crippen LogP contribution in [-0.2, 0) is 38.1 Å². The van der Waals surface area contributed by atoms with E-state index in [0.29, 0.717) is 0 Å². The van der Waals surface area contributed by atoms with Gasteiger partial charge in [-0.3, -0.25) is 14.4 Å². The maximum absolute atomic E-state index is 13.3. The molecule has 0 spiro atoms. The lowest BCUT2D eigenvalue weighted by Gasteiger charge is -2.29. The van der Waals surface area contributed by atoms with E-state index in [-0.39, 0.29) is 38.3 Å². The minimum Gasteiger partial charge on any atom is -0.467 e. The number of esters is 1. The van der Waals surface area contributed by atoms with Crippen molar-refractivity contribution in [2.45, 2.75) is 78.2 Å². The Labute approximate surface area is 230 Å². The molecule has 0 aromatic rings. The molecule has 0 aromatic carbocycles. The lowest BCUT2D eigenvalue weighted by Crippen LogP contribution is -2.61. The van der Waals surface area contributed by atoms with Gasteiger partial charge >= 0.3 is 12.1 Å². The quantitative estimate of drug-likeness (QED) is 0.283. The fraction of sp³-hybridized carbons (Fsp3) is 0.731. The lowest BCUT2D eigenvalue weighted by atomic mass is 9.99. The largest absolute Gasteiger partial charge is 0.467 e. The highest BCUT2D eigenvalue weighted by Crippen LogP contribution is 2.10. The summed E-state index contributed by atoms with van der Waals surface area (Å²) in [6.07, 6.45) is 2.46. The average Bonchev–Trinajstić information content (AvgIpc) is 2.82. The monoisotopic (exact) mass is 556 g/mol. The highest BCUT2D eigenvalue weighted by Gasteiger charge is 2.34. The number of amides is 4. The van der Waals surface area contributed by atoms with E-state index in [1.165, 1.54) is 7.11 Å². The summed E-state index contributed by atoms with van der Waals surface area (Å²) in [5.41, 5.74) is -0.792. The van der Waals surface area contributed by atoms with Gasteiger partial charge in [0.15, 0.2) is 6.04 Å². The number of carbonyl (C=O) groups excluding carboxylic acids is 5. The second-order valence-corrected chi connectivity index (χ2v) is 10.8. The highest BCUT2D eigenvalue weighted by atomic mass is 16.6. The molecule has 13 heteroatoms. The van der Waals surface area contributed by atoms with Crippen LogP contribution < -0.4 is 21.3 Å². The van der Waals surface area contributed by atoms with Gasteiger partial charge in [-0.05, 0) is 32.6 Å². The minimum atomic E-state index is -1.16. The van der Waals surface area contributed by atoms with E-state index in [1.54, 1.807) is 60.6 Å². The van der Waals surface area contributed by atoms with Gasteiger partial charge in [0.05, 0.1) is 33.5 Å². The van der Waals surface area contributed by atoms with E-state index < -0.39 is 59.6 Å². The second-order valence-electron chi connectivity index (χ2n) is 10.8. The van der Waals surface area contributed by atoms with Crippen molar-refractivity contribution in [3.63, 3.8) is 0 Å². The molecule has 4 N–H and O–H groups in total. The van der Waals surface area contributed by atoms with Gasteiger partial charge in [-0.1, -0.05) is 39.8 Å². The fourth-order valence-electron chi connectivity index (χ4n) is 3.42. The normalized spacial score (nSPS) is 25.4. The first-order valence-electron chi connectivity index (χ1n) is 12.9. The van der Waals surface area contributed by atoms with Crippen LogP contribution in [0.3, 0.4) is 0 Å². The Hall–Kier alpha value is -3.19. The third-order valence-corrected chi connectivity index (χ3v) is 5.47. The number of hydrogen-bond acceptors (Lipinski definition) is 9. The lowest BCUT2D eigenvalue weighted by molar-refractivity contribution is -0.147. The molecular weight excluding hydrogens is 512 g/mol. The first-order valence-corrected chi connectivity index (χ1v) is 12.9. The molecule has 1 aliphatic rings. The summed E-state index contributed by atoms with van der Waals surface area (Å²) in [6, 6.07) is -4.33. The SMILES string of the molecule is COC(=O)C1COC/C=C/COCC(NC(=O)OC(C)(C)C)C(=O)N[C@@H](C(C)C)C(=O)NC(C(C)C)C(=O)N1. The number of carbonyl (C=O) groups is 5. The average molecular weight is 557 g/mol. The summed E-state index contributed by atoms with van der Waals surface area (Å²) >= 11 is 0. The van der Waals surface area contributed by atoms with Gasteiger partial charge < -0.3 is 40.2 Å². The first-order chi connectivity index (χ1) is 18.2. The maximum atomic E-state index is 13.3. The third kappa shape index (κ3) is 12.5. The van der Waals surface area contributed by atoms with E-state index in [1.807, 2.05) is 0 Å². The van der Waals surface area contributed by atoms with Crippen LogP contribution >= 0.6 is 0 Å². The predicted octanol–water partition coefficient (Wildman–Crippen LogP) is 0.422. The molecule has 3 unspecified atom stereocenters. The number of alkyl carbamates (subject to hydrolysis) is 1. The molecule has 0 saturated carbocycles. The molecule has 39 heavy (non-hydrogen) atoms. The van der Waals surface area contributed by atoms with Crippen LogP contribution in [0.1, 0.15) is 48.5 Å². The maximum Gasteiger partial charge on any atom is 0.408 e. The number of ether oxygens (including phenoxy) is 4. The third-order valence-electron chi connectivity index (χ3n) is 5.47. The molecule has 4 amide bonds. The van der Waals surface area contributed by atoms with Crippen LogP contribution in [-0.4, -0.2) is 93.1 Å². The van der Waals surface area contributed by atoms with E-state index in [9.17, 15) is 24.0 Å². The molecular formula is C26H44N4O9. The van der Waals surface area contributed by atoms with Crippen molar-refractivity contribution in [1.29, 1.82) is 0 Å². The van der Waals surface area contributed by atoms with Crippen LogP contribution in [0, 0.1) is 11.8 Å². The summed E-state index contributed by atoms with van der Waals surface area (Å²) in [4.78, 5) is 64.1. The van der Waals surface area contributed by atoms with E-state index in [0.717, 1.165) is 0 Å². The summed E-state index contributed by atoms with van der Waals surface area (Å²) in [6.45, 7) is 11.8. The van der Waals surface area contributed by atoms with Crippen molar-refractivity contribution in [1.82, 2.24) is 21.3 Å². The van der Waals surface area contributed by atoms with E-state index in [2.05, 4.69) is 21.3 Å². The van der Waals surface area contributed by atoms with Crippen molar-refractivity contribution in [3.8, 4) is 0 Å². The number of hydrogen-bond donors (Lipinski definition) is 4. The molecule has 0 aliphatic carbocycles. The Morgan fingerprint density at radius 1 is 0.872 bits per heavy atom. The fourth-order valence-corrected chi connectivity index (χ4v) is 3.42. The van der Waals surface area contributed by atoms with Crippen molar-refractivity contribution >= 4 is 29.8 Å². The Morgan fingerprint density at radius 3 is 1.85 bits per heavy atom. The molecule has 1 rings (SSSR count). The molecule has 0 fully saturated rings. The molecule has 1 heterocycles. The van der Waals surface area contributed by atoms with Gasteiger partial charge in [-0.2, -0.15) is 0 Å². The smallest absolute Gasteiger partial charge is 0.408 e. The molecule has 1 aliphatic heterocycles. The Bertz CT molecular complexity index is 883. The zero-order valence-electron chi connectivity index (χ0n) is 24.1. The van der Waals surface area contributed by atoms with Gasteiger partial charge in [0, 0.05) is 0 Å². The van der Waals surface area contributed by atoms with Crippen LogP contribution in [0.15, 0.2) is 12.2 Å². The number of methoxy groups -OCH3 is 1. The zero-order chi connectivity index (χ0) is 29.8. The minimum absolute atomic E-state index is 0.0878. The Balaban J connectivity index is 3.26. The summed E-state index contributed by atoms with van der Waals surface area (Å²) < 4.78 is 21.1. The van der Waals surface area contributed by atoms with E-state index >= 15 is 0 Å². The van der Waals surface area contributed by atoms with Crippen LogP contribution in [0.25, 0.3) is 0 Å². The number of nitrogens with one attached hydrogen (secondary N) is 4. The highest BCUT2D eigenvalue weighted by molar-refractivity contribution is 5.95. The molecule has 0 bridgehead atoms. The van der Waals surface area contributed by atoms with Gasteiger partial charge in [0.1, 0.15) is 23.7 Å². The zero-order valence-corrected chi connectivity index (χ0v) is 24.1. The summed E-state index contributed by atoms with van der Waals surface area (Å²) in [5, 5.41) is 10.4. The van der Waals surface area contributed by atoms with Crippen molar-refractivity contribution in [2.75, 3.05) is 33.5 Å². The van der Waals surface area contributed by atoms with Gasteiger partial charge in [0.25, 0.3) is 0 Å². The van der Waals surface area contributed by atoms with Crippen molar-refractivity contribution in [3.05, 3.63) is 12.2 Å². The van der Waals surface area contributed by atoms with Crippen molar-refractivity contribution in [2.24, 2.45) is 11.8 Å². The molecule has 222 valence electrons. The summed E-state index contributed by atoms with van der Waals surface area (Å²) in [7, 11) is 1.19. The predicted molar refractivity (Wildman–Crippen MR) is 141 cm³/mol. The first kappa shape index (κ1) is 33.8. The molecule has 4 atom stereocenters. The molecule has 0 radical (unpaired) electrons. The van der Waals surface area contributed by atoms with Gasteiger partial charge in [-0.25, -0.2) is 9.59 Å². The van der Waals surface area contributed by atoms with Crippen LogP contribution in [0.5, 0.6) is 0 Å².